The first kappa shape index (κ1) is 16.2. The Labute approximate surface area is 132 Å². The normalized spacial score (nSPS) is 12.0. The number of hydrogen-bond donors (Lipinski definition) is 0. The van der Waals surface area contributed by atoms with Crippen LogP contribution in [-0.2, 0) is 14.9 Å². The van der Waals surface area contributed by atoms with Crippen molar-refractivity contribution in [2.24, 2.45) is 0 Å². The molecule has 1 aromatic heterocycles. The van der Waals surface area contributed by atoms with Crippen molar-refractivity contribution in [3.8, 4) is 0 Å². The molecule has 1 heterocycles. The van der Waals surface area contributed by atoms with Crippen LogP contribution in [0.2, 0.25) is 0 Å². The number of rotatable bonds is 3. The number of carbonyl (C=O) groups excluding carboxylic acids is 1. The van der Waals surface area contributed by atoms with Gasteiger partial charge >= 0.3 is 5.97 Å². The second-order valence-corrected chi connectivity index (χ2v) is 6.39. The minimum atomic E-state index is -0.322. The number of aryl methyl sites for hydroxylation is 1. The average Bonchev–Trinajstić information content (AvgIpc) is 2.43. The molecule has 2 aromatic rings. The molecule has 2 rings (SSSR count). The zero-order valence-electron chi connectivity index (χ0n) is 13.9. The minimum absolute atomic E-state index is 0.0163. The smallest absolute Gasteiger partial charge is 0.330 e. The molecule has 0 radical (unpaired) electrons. The van der Waals surface area contributed by atoms with E-state index in [1.807, 2.05) is 25.1 Å². The van der Waals surface area contributed by atoms with Crippen molar-refractivity contribution < 1.29 is 9.53 Å². The highest BCUT2D eigenvalue weighted by Gasteiger charge is 2.18. The summed E-state index contributed by atoms with van der Waals surface area (Å²) in [6.07, 6.45) is 3.28. The van der Waals surface area contributed by atoms with E-state index in [-0.39, 0.29) is 11.4 Å². The summed E-state index contributed by atoms with van der Waals surface area (Å²) in [7, 11) is 0. The van der Waals surface area contributed by atoms with E-state index in [1.165, 1.54) is 11.6 Å². The number of nitrogens with zero attached hydrogens (tertiary/aromatic N) is 1. The van der Waals surface area contributed by atoms with Crippen LogP contribution in [0.25, 0.3) is 17.0 Å². The highest BCUT2D eigenvalue weighted by Crippen LogP contribution is 2.31. The van der Waals surface area contributed by atoms with Crippen LogP contribution >= 0.6 is 0 Å². The Hall–Kier alpha value is -2.16. The SMILES string of the molecule is CCOC(=O)/C=C/c1cc(C)nc2c(C(C)(C)C)cccc12. The molecule has 0 saturated carbocycles. The molecule has 0 spiro atoms. The van der Waals surface area contributed by atoms with Gasteiger partial charge in [-0.15, -0.1) is 0 Å². The molecule has 116 valence electrons. The Morgan fingerprint density at radius 3 is 2.68 bits per heavy atom. The van der Waals surface area contributed by atoms with E-state index in [2.05, 4.69) is 26.8 Å². The first-order valence-electron chi connectivity index (χ1n) is 7.58. The van der Waals surface area contributed by atoms with E-state index in [9.17, 15) is 4.79 Å². The number of esters is 1. The summed E-state index contributed by atoms with van der Waals surface area (Å²) in [6, 6.07) is 8.20. The van der Waals surface area contributed by atoms with Crippen molar-refractivity contribution >= 4 is 22.9 Å². The number of pyridine rings is 1. The summed E-state index contributed by atoms with van der Waals surface area (Å²) in [5.41, 5.74) is 4.15. The monoisotopic (exact) mass is 297 g/mol. The summed E-state index contributed by atoms with van der Waals surface area (Å²) in [4.78, 5) is 16.3. The molecule has 0 aliphatic rings. The van der Waals surface area contributed by atoms with Crippen molar-refractivity contribution in [2.45, 2.75) is 40.0 Å². The first-order chi connectivity index (χ1) is 10.3. The average molecular weight is 297 g/mol. The predicted molar refractivity (Wildman–Crippen MR) is 90.8 cm³/mol. The quantitative estimate of drug-likeness (QED) is 0.622. The molecule has 0 N–H and O–H groups in total. The minimum Gasteiger partial charge on any atom is -0.463 e. The number of aromatic nitrogens is 1. The van der Waals surface area contributed by atoms with Gasteiger partial charge in [-0.1, -0.05) is 39.0 Å². The molecule has 0 unspecified atom stereocenters. The van der Waals surface area contributed by atoms with E-state index < -0.39 is 0 Å². The van der Waals surface area contributed by atoms with Gasteiger partial charge in [-0.3, -0.25) is 4.98 Å². The second kappa shape index (κ2) is 6.30. The molecule has 3 nitrogen and oxygen atoms in total. The third-order valence-corrected chi connectivity index (χ3v) is 3.49. The van der Waals surface area contributed by atoms with E-state index >= 15 is 0 Å². The maximum absolute atomic E-state index is 11.5. The van der Waals surface area contributed by atoms with Gasteiger partial charge in [0.05, 0.1) is 12.1 Å². The number of ether oxygens (including phenoxy) is 1. The summed E-state index contributed by atoms with van der Waals surface area (Å²) >= 11 is 0. The second-order valence-electron chi connectivity index (χ2n) is 6.39. The molecule has 0 saturated heterocycles. The van der Waals surface area contributed by atoms with Crippen molar-refractivity contribution in [3.05, 3.63) is 47.2 Å². The van der Waals surface area contributed by atoms with Gasteiger partial charge in [0, 0.05) is 17.2 Å². The van der Waals surface area contributed by atoms with Gasteiger partial charge in [0.2, 0.25) is 0 Å². The fraction of sp³-hybridized carbons (Fsp3) is 0.368. The summed E-state index contributed by atoms with van der Waals surface area (Å²) in [5.74, 6) is -0.322. The summed E-state index contributed by atoms with van der Waals surface area (Å²) in [6.45, 7) is 10.7. The van der Waals surface area contributed by atoms with Gasteiger partial charge in [0.15, 0.2) is 0 Å². The summed E-state index contributed by atoms with van der Waals surface area (Å²) < 4.78 is 4.94. The van der Waals surface area contributed by atoms with E-state index in [0.29, 0.717) is 6.61 Å². The molecule has 22 heavy (non-hydrogen) atoms. The van der Waals surface area contributed by atoms with Crippen LogP contribution < -0.4 is 0 Å². The fourth-order valence-electron chi connectivity index (χ4n) is 2.50. The Bertz CT molecular complexity index is 724. The predicted octanol–water partition coefficient (Wildman–Crippen LogP) is 4.42. The van der Waals surface area contributed by atoms with Gasteiger partial charge in [-0.25, -0.2) is 4.79 Å². The molecule has 1 aromatic carbocycles. The lowest BCUT2D eigenvalue weighted by atomic mass is 9.85. The van der Waals surface area contributed by atoms with Crippen molar-refractivity contribution in [1.29, 1.82) is 0 Å². The topological polar surface area (TPSA) is 39.2 Å². The van der Waals surface area contributed by atoms with Crippen LogP contribution in [0.15, 0.2) is 30.3 Å². The van der Waals surface area contributed by atoms with Gasteiger partial charge in [-0.05, 0) is 42.5 Å². The van der Waals surface area contributed by atoms with Crippen molar-refractivity contribution in [3.63, 3.8) is 0 Å². The number of fused-ring (bicyclic) bond motifs is 1. The number of benzene rings is 1. The van der Waals surface area contributed by atoms with E-state index in [4.69, 9.17) is 9.72 Å². The number of para-hydroxylation sites is 1. The lowest BCUT2D eigenvalue weighted by Gasteiger charge is -2.21. The number of hydrogen-bond acceptors (Lipinski definition) is 3. The molecule has 0 fully saturated rings. The van der Waals surface area contributed by atoms with Crippen LogP contribution in [0, 0.1) is 6.92 Å². The maximum Gasteiger partial charge on any atom is 0.330 e. The van der Waals surface area contributed by atoms with Crippen molar-refractivity contribution in [2.75, 3.05) is 6.61 Å². The zero-order chi connectivity index (χ0) is 16.3. The van der Waals surface area contributed by atoms with Crippen LogP contribution in [0.1, 0.15) is 44.5 Å². The standard InChI is InChI=1S/C19H23NO2/c1-6-22-17(21)11-10-14-12-13(2)20-18-15(14)8-7-9-16(18)19(3,4)5/h7-12H,6H2,1-5H3/b11-10+. The maximum atomic E-state index is 11.5. The van der Waals surface area contributed by atoms with Crippen molar-refractivity contribution in [1.82, 2.24) is 4.98 Å². The van der Waals surface area contributed by atoms with Gasteiger partial charge in [0.25, 0.3) is 0 Å². The third kappa shape index (κ3) is 3.53. The van der Waals surface area contributed by atoms with E-state index in [1.54, 1.807) is 13.0 Å². The lowest BCUT2D eigenvalue weighted by Crippen LogP contribution is -2.12. The highest BCUT2D eigenvalue weighted by molar-refractivity contribution is 5.94. The Morgan fingerprint density at radius 1 is 1.32 bits per heavy atom. The molecule has 0 aliphatic carbocycles. The highest BCUT2D eigenvalue weighted by atomic mass is 16.5. The van der Waals surface area contributed by atoms with Gasteiger partial charge in [0.1, 0.15) is 0 Å². The fourth-order valence-corrected chi connectivity index (χ4v) is 2.50. The molecule has 3 heteroatoms. The van der Waals surface area contributed by atoms with Crippen LogP contribution in [0.3, 0.4) is 0 Å². The van der Waals surface area contributed by atoms with Gasteiger partial charge in [-0.2, -0.15) is 0 Å². The molecular weight excluding hydrogens is 274 g/mol. The van der Waals surface area contributed by atoms with Crippen LogP contribution in [-0.4, -0.2) is 17.6 Å². The zero-order valence-corrected chi connectivity index (χ0v) is 13.9. The Kier molecular flexibility index (Phi) is 4.65. The van der Waals surface area contributed by atoms with Crippen LogP contribution in [0.5, 0.6) is 0 Å². The van der Waals surface area contributed by atoms with Gasteiger partial charge < -0.3 is 4.74 Å². The molecule has 0 atom stereocenters. The Balaban J connectivity index is 2.59. The molecule has 0 aliphatic heterocycles. The first-order valence-corrected chi connectivity index (χ1v) is 7.58. The number of carbonyl (C=O) groups is 1. The lowest BCUT2D eigenvalue weighted by molar-refractivity contribution is -0.137. The van der Waals surface area contributed by atoms with E-state index in [0.717, 1.165) is 22.2 Å². The van der Waals surface area contributed by atoms with Crippen LogP contribution in [0.4, 0.5) is 0 Å². The largest absolute Gasteiger partial charge is 0.463 e. The Morgan fingerprint density at radius 2 is 2.05 bits per heavy atom. The summed E-state index contributed by atoms with van der Waals surface area (Å²) in [5, 5.41) is 1.05. The molecule has 0 amide bonds. The molecular formula is C19H23NO2. The molecule has 0 bridgehead atoms. The third-order valence-electron chi connectivity index (χ3n) is 3.49.